The highest BCUT2D eigenvalue weighted by molar-refractivity contribution is 5.34. The van der Waals surface area contributed by atoms with E-state index in [-0.39, 0.29) is 0 Å². The molecule has 0 saturated heterocycles. The SMILES string of the molecule is Nc1ccc(CNC2CC2c2ccc(OCc3ccccc3)cc2)cn1. The molecule has 1 aliphatic rings. The minimum atomic E-state index is 0.531. The molecular weight excluding hydrogens is 322 g/mol. The van der Waals surface area contributed by atoms with Crippen LogP contribution in [0.3, 0.4) is 0 Å². The number of rotatable bonds is 7. The number of pyridine rings is 1. The number of hydrogen-bond donors (Lipinski definition) is 2. The number of aromatic nitrogens is 1. The molecule has 0 aliphatic heterocycles. The topological polar surface area (TPSA) is 60.2 Å². The first-order valence-electron chi connectivity index (χ1n) is 8.98. The highest BCUT2D eigenvalue weighted by Crippen LogP contribution is 2.41. The molecule has 132 valence electrons. The van der Waals surface area contributed by atoms with Gasteiger partial charge in [-0.15, -0.1) is 0 Å². The number of benzene rings is 2. The molecule has 1 fully saturated rings. The van der Waals surface area contributed by atoms with Gasteiger partial charge in [0.1, 0.15) is 18.2 Å². The second-order valence-electron chi connectivity index (χ2n) is 6.76. The third-order valence-corrected chi connectivity index (χ3v) is 4.76. The van der Waals surface area contributed by atoms with E-state index in [2.05, 4.69) is 46.7 Å². The summed E-state index contributed by atoms with van der Waals surface area (Å²) in [5.41, 5.74) is 9.33. The van der Waals surface area contributed by atoms with Gasteiger partial charge in [0.2, 0.25) is 0 Å². The molecule has 2 atom stereocenters. The molecule has 1 aromatic heterocycles. The fourth-order valence-electron chi connectivity index (χ4n) is 3.13. The molecule has 0 radical (unpaired) electrons. The summed E-state index contributed by atoms with van der Waals surface area (Å²) in [5.74, 6) is 2.06. The van der Waals surface area contributed by atoms with Crippen LogP contribution in [0.1, 0.15) is 29.0 Å². The van der Waals surface area contributed by atoms with E-state index >= 15 is 0 Å². The van der Waals surface area contributed by atoms with E-state index < -0.39 is 0 Å². The molecule has 26 heavy (non-hydrogen) atoms. The molecule has 0 amide bonds. The Morgan fingerprint density at radius 3 is 2.50 bits per heavy atom. The van der Waals surface area contributed by atoms with Gasteiger partial charge in [-0.2, -0.15) is 0 Å². The van der Waals surface area contributed by atoms with Crippen molar-refractivity contribution >= 4 is 5.82 Å². The summed E-state index contributed by atoms with van der Waals surface area (Å²) in [5, 5.41) is 3.59. The van der Waals surface area contributed by atoms with E-state index in [4.69, 9.17) is 10.5 Å². The molecule has 0 spiro atoms. The predicted octanol–water partition coefficient (Wildman–Crippen LogP) is 3.89. The van der Waals surface area contributed by atoms with Gasteiger partial charge in [0.05, 0.1) is 0 Å². The average Bonchev–Trinajstić information content (AvgIpc) is 3.47. The first-order valence-corrected chi connectivity index (χ1v) is 8.98. The first kappa shape index (κ1) is 16.6. The van der Waals surface area contributed by atoms with E-state index in [0.29, 0.717) is 24.4 Å². The maximum atomic E-state index is 5.86. The van der Waals surface area contributed by atoms with E-state index in [1.807, 2.05) is 36.5 Å². The van der Waals surface area contributed by atoms with Crippen LogP contribution in [0, 0.1) is 0 Å². The number of anilines is 1. The van der Waals surface area contributed by atoms with Crippen molar-refractivity contribution in [3.05, 3.63) is 89.6 Å². The molecule has 3 N–H and O–H groups in total. The molecule has 4 nitrogen and oxygen atoms in total. The van der Waals surface area contributed by atoms with Crippen LogP contribution in [0.2, 0.25) is 0 Å². The van der Waals surface area contributed by atoms with E-state index in [1.165, 1.54) is 17.5 Å². The van der Waals surface area contributed by atoms with Crippen molar-refractivity contribution in [3.63, 3.8) is 0 Å². The van der Waals surface area contributed by atoms with E-state index in [1.54, 1.807) is 0 Å². The Bertz CT molecular complexity index is 832. The highest BCUT2D eigenvalue weighted by Gasteiger charge is 2.37. The number of nitrogens with two attached hydrogens (primary N) is 1. The molecule has 3 aromatic rings. The molecule has 4 rings (SSSR count). The predicted molar refractivity (Wildman–Crippen MR) is 104 cm³/mol. The Hall–Kier alpha value is -2.85. The summed E-state index contributed by atoms with van der Waals surface area (Å²) < 4.78 is 5.86. The van der Waals surface area contributed by atoms with Crippen LogP contribution in [-0.2, 0) is 13.2 Å². The van der Waals surface area contributed by atoms with Crippen molar-refractivity contribution in [3.8, 4) is 5.75 Å². The molecule has 1 aliphatic carbocycles. The number of nitrogens with one attached hydrogen (secondary N) is 1. The average molecular weight is 345 g/mol. The zero-order valence-electron chi connectivity index (χ0n) is 14.6. The van der Waals surface area contributed by atoms with Gasteiger partial charge >= 0.3 is 0 Å². The van der Waals surface area contributed by atoms with Crippen LogP contribution in [0.25, 0.3) is 0 Å². The Morgan fingerprint density at radius 2 is 1.77 bits per heavy atom. The molecule has 4 heteroatoms. The zero-order valence-corrected chi connectivity index (χ0v) is 14.6. The van der Waals surface area contributed by atoms with Crippen molar-refractivity contribution in [1.29, 1.82) is 0 Å². The largest absolute Gasteiger partial charge is 0.489 e. The fraction of sp³-hybridized carbons (Fsp3) is 0.227. The minimum Gasteiger partial charge on any atom is -0.489 e. The Balaban J connectivity index is 1.26. The van der Waals surface area contributed by atoms with Gasteiger partial charge in [-0.05, 0) is 41.3 Å². The number of hydrogen-bond acceptors (Lipinski definition) is 4. The first-order chi connectivity index (χ1) is 12.8. The van der Waals surface area contributed by atoms with Gasteiger partial charge in [0.15, 0.2) is 0 Å². The van der Waals surface area contributed by atoms with Crippen LogP contribution in [0.4, 0.5) is 5.82 Å². The molecule has 2 aromatic carbocycles. The molecule has 0 bridgehead atoms. The molecule has 1 saturated carbocycles. The molecule has 2 unspecified atom stereocenters. The maximum absolute atomic E-state index is 5.86. The Kier molecular flexibility index (Phi) is 4.84. The number of nitrogens with zero attached hydrogens (tertiary/aromatic N) is 1. The maximum Gasteiger partial charge on any atom is 0.123 e. The van der Waals surface area contributed by atoms with Gasteiger partial charge in [0.25, 0.3) is 0 Å². The minimum absolute atomic E-state index is 0.531. The lowest BCUT2D eigenvalue weighted by atomic mass is 10.1. The van der Waals surface area contributed by atoms with Crippen LogP contribution >= 0.6 is 0 Å². The normalized spacial score (nSPS) is 18.5. The van der Waals surface area contributed by atoms with Crippen LogP contribution in [-0.4, -0.2) is 11.0 Å². The summed E-state index contributed by atoms with van der Waals surface area (Å²) in [6.45, 7) is 1.43. The van der Waals surface area contributed by atoms with Crippen LogP contribution in [0.5, 0.6) is 5.75 Å². The fourth-order valence-corrected chi connectivity index (χ4v) is 3.13. The third kappa shape index (κ3) is 4.21. The Morgan fingerprint density at radius 1 is 0.962 bits per heavy atom. The van der Waals surface area contributed by atoms with E-state index in [0.717, 1.165) is 17.9 Å². The van der Waals surface area contributed by atoms with Crippen LogP contribution < -0.4 is 15.8 Å². The summed E-state index contributed by atoms with van der Waals surface area (Å²) in [6.07, 6.45) is 3.01. The van der Waals surface area contributed by atoms with Crippen molar-refractivity contribution in [2.45, 2.75) is 31.5 Å². The lowest BCUT2D eigenvalue weighted by molar-refractivity contribution is 0.306. The van der Waals surface area contributed by atoms with Gasteiger partial charge in [0, 0.05) is 24.7 Å². The standard InChI is InChI=1S/C22H23N3O/c23-22-11-6-17(14-25-22)13-24-21-12-20(21)18-7-9-19(10-8-18)26-15-16-4-2-1-3-5-16/h1-11,14,20-21,24H,12-13,15H2,(H2,23,25). The second-order valence-corrected chi connectivity index (χ2v) is 6.76. The van der Waals surface area contributed by atoms with Crippen molar-refractivity contribution in [1.82, 2.24) is 10.3 Å². The third-order valence-electron chi connectivity index (χ3n) is 4.76. The molecule has 1 heterocycles. The van der Waals surface area contributed by atoms with Crippen LogP contribution in [0.15, 0.2) is 72.9 Å². The highest BCUT2D eigenvalue weighted by atomic mass is 16.5. The van der Waals surface area contributed by atoms with Gasteiger partial charge in [-0.1, -0.05) is 48.5 Å². The van der Waals surface area contributed by atoms with Crippen molar-refractivity contribution < 1.29 is 4.74 Å². The summed E-state index contributed by atoms with van der Waals surface area (Å²) in [6, 6.07) is 23.1. The monoisotopic (exact) mass is 345 g/mol. The number of ether oxygens (including phenoxy) is 1. The summed E-state index contributed by atoms with van der Waals surface area (Å²) in [7, 11) is 0. The summed E-state index contributed by atoms with van der Waals surface area (Å²) >= 11 is 0. The van der Waals surface area contributed by atoms with E-state index in [9.17, 15) is 0 Å². The van der Waals surface area contributed by atoms with Gasteiger partial charge < -0.3 is 15.8 Å². The lowest BCUT2D eigenvalue weighted by Crippen LogP contribution is -2.17. The second kappa shape index (κ2) is 7.58. The zero-order chi connectivity index (χ0) is 17.8. The lowest BCUT2D eigenvalue weighted by Gasteiger charge is -2.08. The van der Waals surface area contributed by atoms with Gasteiger partial charge in [-0.25, -0.2) is 4.98 Å². The Labute approximate surface area is 154 Å². The molecular formula is C22H23N3O. The van der Waals surface area contributed by atoms with Crippen molar-refractivity contribution in [2.24, 2.45) is 0 Å². The smallest absolute Gasteiger partial charge is 0.123 e. The summed E-state index contributed by atoms with van der Waals surface area (Å²) in [4.78, 5) is 4.13. The van der Waals surface area contributed by atoms with Crippen molar-refractivity contribution in [2.75, 3.05) is 5.73 Å². The quantitative estimate of drug-likeness (QED) is 0.682. The number of nitrogen functional groups attached to an aromatic ring is 1. The van der Waals surface area contributed by atoms with Gasteiger partial charge in [-0.3, -0.25) is 0 Å².